The number of benzene rings is 1. The monoisotopic (exact) mass is 431 g/mol. The van der Waals surface area contributed by atoms with E-state index in [1.165, 1.54) is 5.56 Å². The summed E-state index contributed by atoms with van der Waals surface area (Å²) < 4.78 is 1.96. The van der Waals surface area contributed by atoms with Gasteiger partial charge in [-0.2, -0.15) is 0 Å². The molecule has 1 heterocycles. The maximum atomic E-state index is 6.00. The highest BCUT2D eigenvalue weighted by Crippen LogP contribution is 2.29. The molecule has 2 aromatic rings. The molecule has 5 heteroatoms. The molecule has 1 aromatic heterocycles. The van der Waals surface area contributed by atoms with Crippen LogP contribution in [0, 0.1) is 10.5 Å². The van der Waals surface area contributed by atoms with Crippen molar-refractivity contribution in [2.45, 2.75) is 26.7 Å². The van der Waals surface area contributed by atoms with Gasteiger partial charge in [-0.1, -0.05) is 35.3 Å². The highest BCUT2D eigenvalue weighted by Gasteiger charge is 2.12. The van der Waals surface area contributed by atoms with Gasteiger partial charge < -0.3 is 5.73 Å². The van der Waals surface area contributed by atoms with Crippen LogP contribution in [0.5, 0.6) is 0 Å². The van der Waals surface area contributed by atoms with Crippen molar-refractivity contribution < 1.29 is 0 Å². The van der Waals surface area contributed by atoms with Crippen molar-refractivity contribution in [1.29, 1.82) is 0 Å². The molecular formula is C14H15BrIN3. The van der Waals surface area contributed by atoms with Gasteiger partial charge in [-0.3, -0.25) is 0 Å². The van der Waals surface area contributed by atoms with E-state index in [0.29, 0.717) is 11.6 Å². The Morgan fingerprint density at radius 3 is 2.68 bits per heavy atom. The number of nitrogens with zero attached hydrogens (tertiary/aromatic N) is 2. The quantitative estimate of drug-likeness (QED) is 0.734. The lowest BCUT2D eigenvalue weighted by atomic mass is 10.1. The third-order valence-corrected chi connectivity index (χ3v) is 4.63. The van der Waals surface area contributed by atoms with Crippen LogP contribution in [0.25, 0.3) is 11.4 Å². The molecule has 0 aliphatic rings. The number of halogens is 2. The molecule has 100 valence electrons. The fourth-order valence-corrected chi connectivity index (χ4v) is 3.02. The molecule has 0 aliphatic heterocycles. The third kappa shape index (κ3) is 3.25. The van der Waals surface area contributed by atoms with Crippen molar-refractivity contribution in [3.05, 3.63) is 37.5 Å². The SMILES string of the molecule is CCCc1nc(-c2ccc(C)cc2Br)nc(N)c1I. The summed E-state index contributed by atoms with van der Waals surface area (Å²) in [5, 5.41) is 0. The van der Waals surface area contributed by atoms with E-state index in [4.69, 9.17) is 5.73 Å². The van der Waals surface area contributed by atoms with Crippen molar-refractivity contribution in [3.8, 4) is 11.4 Å². The maximum absolute atomic E-state index is 6.00. The predicted octanol–water partition coefficient (Wildman–Crippen LogP) is 4.35. The molecule has 0 saturated heterocycles. The average molecular weight is 432 g/mol. The summed E-state index contributed by atoms with van der Waals surface area (Å²) in [6, 6.07) is 6.14. The van der Waals surface area contributed by atoms with Gasteiger partial charge in [0.05, 0.1) is 9.26 Å². The fraction of sp³-hybridized carbons (Fsp3) is 0.286. The van der Waals surface area contributed by atoms with Gasteiger partial charge in [0.15, 0.2) is 5.82 Å². The van der Waals surface area contributed by atoms with E-state index in [-0.39, 0.29) is 0 Å². The molecule has 0 atom stereocenters. The normalized spacial score (nSPS) is 10.7. The van der Waals surface area contributed by atoms with E-state index >= 15 is 0 Å². The molecule has 19 heavy (non-hydrogen) atoms. The maximum Gasteiger partial charge on any atom is 0.162 e. The number of aromatic nitrogens is 2. The first-order chi connectivity index (χ1) is 9.02. The summed E-state index contributed by atoms with van der Waals surface area (Å²) in [6.45, 7) is 4.19. The Hall–Kier alpha value is -0.690. The summed E-state index contributed by atoms with van der Waals surface area (Å²) in [6.07, 6.45) is 1.96. The molecule has 2 rings (SSSR count). The lowest BCUT2D eigenvalue weighted by Gasteiger charge is -2.10. The second-order valence-electron chi connectivity index (χ2n) is 4.43. The van der Waals surface area contributed by atoms with Crippen LogP contribution in [0.4, 0.5) is 5.82 Å². The summed E-state index contributed by atoms with van der Waals surface area (Å²) in [5.74, 6) is 1.25. The van der Waals surface area contributed by atoms with E-state index < -0.39 is 0 Å². The minimum Gasteiger partial charge on any atom is -0.383 e. The Bertz CT molecular complexity index is 614. The van der Waals surface area contributed by atoms with Crippen LogP contribution in [0.1, 0.15) is 24.6 Å². The second-order valence-corrected chi connectivity index (χ2v) is 6.36. The molecule has 2 N–H and O–H groups in total. The summed E-state index contributed by atoms with van der Waals surface area (Å²) in [4.78, 5) is 9.06. The zero-order valence-corrected chi connectivity index (χ0v) is 14.6. The highest BCUT2D eigenvalue weighted by molar-refractivity contribution is 14.1. The van der Waals surface area contributed by atoms with Gasteiger partial charge in [-0.15, -0.1) is 0 Å². The first-order valence-electron chi connectivity index (χ1n) is 6.11. The number of hydrogen-bond donors (Lipinski definition) is 1. The minimum absolute atomic E-state index is 0.557. The van der Waals surface area contributed by atoms with E-state index in [9.17, 15) is 0 Å². The van der Waals surface area contributed by atoms with Gasteiger partial charge in [-0.25, -0.2) is 9.97 Å². The van der Waals surface area contributed by atoms with Gasteiger partial charge in [0.2, 0.25) is 0 Å². The first-order valence-corrected chi connectivity index (χ1v) is 7.98. The average Bonchev–Trinajstić information content (AvgIpc) is 2.35. The van der Waals surface area contributed by atoms with Crippen molar-refractivity contribution in [2.24, 2.45) is 0 Å². The van der Waals surface area contributed by atoms with Gasteiger partial charge >= 0.3 is 0 Å². The predicted molar refractivity (Wildman–Crippen MR) is 91.0 cm³/mol. The van der Waals surface area contributed by atoms with Crippen molar-refractivity contribution in [2.75, 3.05) is 5.73 Å². The van der Waals surface area contributed by atoms with Crippen LogP contribution in [0.3, 0.4) is 0 Å². The van der Waals surface area contributed by atoms with E-state index in [2.05, 4.69) is 74.5 Å². The van der Waals surface area contributed by atoms with Crippen LogP contribution >= 0.6 is 38.5 Å². The summed E-state index contributed by atoms with van der Waals surface area (Å²) in [5.41, 5.74) is 9.20. The van der Waals surface area contributed by atoms with Crippen LogP contribution in [0.2, 0.25) is 0 Å². The zero-order chi connectivity index (χ0) is 14.0. The summed E-state index contributed by atoms with van der Waals surface area (Å²) >= 11 is 5.78. The molecule has 0 spiro atoms. The number of aryl methyl sites for hydroxylation is 2. The smallest absolute Gasteiger partial charge is 0.162 e. The Kier molecular flexibility index (Phi) is 4.78. The molecule has 0 radical (unpaired) electrons. The van der Waals surface area contributed by atoms with Crippen molar-refractivity contribution in [1.82, 2.24) is 9.97 Å². The van der Waals surface area contributed by atoms with Gasteiger partial charge in [0, 0.05) is 10.0 Å². The number of nitrogens with two attached hydrogens (primary N) is 1. The third-order valence-electron chi connectivity index (χ3n) is 2.80. The van der Waals surface area contributed by atoms with Crippen LogP contribution in [0.15, 0.2) is 22.7 Å². The highest BCUT2D eigenvalue weighted by atomic mass is 127. The van der Waals surface area contributed by atoms with Crippen molar-refractivity contribution in [3.63, 3.8) is 0 Å². The number of anilines is 1. The second kappa shape index (κ2) is 6.17. The van der Waals surface area contributed by atoms with E-state index in [0.717, 1.165) is 32.1 Å². The van der Waals surface area contributed by atoms with Gasteiger partial charge in [-0.05, 0) is 53.6 Å². The Morgan fingerprint density at radius 2 is 2.05 bits per heavy atom. The Balaban J connectivity index is 2.56. The van der Waals surface area contributed by atoms with Gasteiger partial charge in [0.25, 0.3) is 0 Å². The minimum atomic E-state index is 0.557. The van der Waals surface area contributed by atoms with Crippen molar-refractivity contribution >= 4 is 44.3 Å². The first kappa shape index (κ1) is 14.7. The molecule has 0 bridgehead atoms. The molecule has 1 aromatic carbocycles. The molecule has 0 saturated carbocycles. The van der Waals surface area contributed by atoms with E-state index in [1.54, 1.807) is 0 Å². The molecule has 0 aliphatic carbocycles. The number of rotatable bonds is 3. The van der Waals surface area contributed by atoms with E-state index in [1.807, 2.05) is 6.07 Å². The van der Waals surface area contributed by atoms with Gasteiger partial charge in [0.1, 0.15) is 5.82 Å². The largest absolute Gasteiger partial charge is 0.383 e. The molecule has 0 unspecified atom stereocenters. The summed E-state index contributed by atoms with van der Waals surface area (Å²) in [7, 11) is 0. The number of hydrogen-bond acceptors (Lipinski definition) is 3. The Labute approximate surface area is 135 Å². The van der Waals surface area contributed by atoms with Crippen LogP contribution < -0.4 is 5.73 Å². The topological polar surface area (TPSA) is 51.8 Å². The lowest BCUT2D eigenvalue weighted by Crippen LogP contribution is -2.05. The number of nitrogen functional groups attached to an aromatic ring is 1. The molecule has 0 amide bonds. The molecule has 3 nitrogen and oxygen atoms in total. The fourth-order valence-electron chi connectivity index (χ4n) is 1.84. The van der Waals surface area contributed by atoms with Crippen LogP contribution in [-0.4, -0.2) is 9.97 Å². The van der Waals surface area contributed by atoms with Crippen LogP contribution in [-0.2, 0) is 6.42 Å². The molecular weight excluding hydrogens is 417 g/mol. The lowest BCUT2D eigenvalue weighted by molar-refractivity contribution is 0.869. The zero-order valence-electron chi connectivity index (χ0n) is 10.9. The standard InChI is InChI=1S/C14H15BrIN3/c1-3-4-11-12(16)13(17)19-14(18-11)9-6-5-8(2)7-10(9)15/h5-7H,3-4H2,1-2H3,(H2,17,18,19). The Morgan fingerprint density at radius 1 is 1.32 bits per heavy atom. The molecule has 0 fully saturated rings.